The SMILES string of the molecule is CC(C)C.CC(C)CCC(=O)NCCCCC(N)C(=O)NCCOCCOCCC=O.CCC.CNCC(=O)NC(C)C(=O)Nc1ccc(CO)cc1.COC(C)(C)CO. The molecule has 0 aliphatic rings. The molecule has 9 N–H and O–H groups in total. The average Bonchev–Trinajstić information content (AvgIpc) is 3.20. The average molecular weight is 859 g/mol. The van der Waals surface area contributed by atoms with Gasteiger partial charge in [-0.05, 0) is 83.0 Å². The molecule has 2 atom stereocenters. The van der Waals surface area contributed by atoms with Crippen molar-refractivity contribution in [3.8, 4) is 0 Å². The molecule has 0 aliphatic carbocycles. The molecule has 0 saturated carbocycles. The first-order valence-corrected chi connectivity index (χ1v) is 21.3. The molecule has 0 fully saturated rings. The maximum atomic E-state index is 11.9. The normalized spacial score (nSPS) is 11.4. The minimum atomic E-state index is -0.613. The van der Waals surface area contributed by atoms with Crippen LogP contribution in [0.3, 0.4) is 0 Å². The smallest absolute Gasteiger partial charge is 0.246 e. The zero-order valence-corrected chi connectivity index (χ0v) is 39.2. The first-order valence-electron chi connectivity index (χ1n) is 21.3. The number of anilines is 1. The summed E-state index contributed by atoms with van der Waals surface area (Å²) in [5.74, 6) is 0.725. The van der Waals surface area contributed by atoms with Gasteiger partial charge in [-0.25, -0.2) is 0 Å². The molecule has 352 valence electrons. The second-order valence-electron chi connectivity index (χ2n) is 15.6. The van der Waals surface area contributed by atoms with E-state index in [0.717, 1.165) is 37.0 Å². The van der Waals surface area contributed by atoms with E-state index < -0.39 is 12.1 Å². The summed E-state index contributed by atoms with van der Waals surface area (Å²) < 4.78 is 15.3. The Morgan fingerprint density at radius 3 is 1.85 bits per heavy atom. The molecule has 0 saturated heterocycles. The van der Waals surface area contributed by atoms with E-state index in [2.05, 4.69) is 75.1 Å². The summed E-state index contributed by atoms with van der Waals surface area (Å²) in [5, 5.41) is 31.0. The Labute approximate surface area is 362 Å². The molecule has 0 spiro atoms. The van der Waals surface area contributed by atoms with E-state index in [1.165, 1.54) is 6.42 Å². The summed E-state index contributed by atoms with van der Waals surface area (Å²) in [6.07, 6.45) is 6.08. The van der Waals surface area contributed by atoms with Crippen molar-refractivity contribution in [1.29, 1.82) is 0 Å². The van der Waals surface area contributed by atoms with E-state index in [1.807, 2.05) is 13.8 Å². The number of amides is 4. The molecule has 0 radical (unpaired) electrons. The number of hydrogen-bond acceptors (Lipinski definition) is 12. The van der Waals surface area contributed by atoms with Crippen LogP contribution in [0.5, 0.6) is 0 Å². The standard InChI is InChI=1S/C19H37N3O5.C13H19N3O3.C5H12O2.C4H10.C3H8/c1-16(2)7-8-18(24)21-9-4-3-6-17(20)19(25)22-10-13-27-15-14-26-12-5-11-23;1-9(15-12(18)7-14-2)13(19)16-11-5-3-10(8-17)4-6-11;1-5(2,4-6)7-3;1-4(2)3;1-3-2/h11,16-17H,3-10,12-15,20H2,1-2H3,(H,21,24)(H,22,25);3-6,9,14,17H,7-8H2,1-2H3,(H,15,18)(H,16,19);6H,4H2,1-3H3;4H,1-3H3;3H2,1-2H3. The lowest BCUT2D eigenvalue weighted by Gasteiger charge is -2.18. The van der Waals surface area contributed by atoms with Crippen LogP contribution in [0.15, 0.2) is 24.3 Å². The van der Waals surface area contributed by atoms with Crippen LogP contribution in [0.4, 0.5) is 5.69 Å². The van der Waals surface area contributed by atoms with Gasteiger partial charge in [0.25, 0.3) is 0 Å². The summed E-state index contributed by atoms with van der Waals surface area (Å²) in [6.45, 7) is 23.1. The Hall–Kier alpha value is -3.51. The number of nitrogens with one attached hydrogen (secondary N) is 5. The Morgan fingerprint density at radius 2 is 1.38 bits per heavy atom. The van der Waals surface area contributed by atoms with Gasteiger partial charge < -0.3 is 61.5 Å². The van der Waals surface area contributed by atoms with Crippen molar-refractivity contribution in [1.82, 2.24) is 21.3 Å². The molecule has 60 heavy (non-hydrogen) atoms. The summed E-state index contributed by atoms with van der Waals surface area (Å²) in [6, 6.07) is 5.68. The number of likely N-dealkylation sites (N-methyl/N-ethyl adjacent to an activating group) is 1. The van der Waals surface area contributed by atoms with Crippen LogP contribution in [-0.2, 0) is 44.8 Å². The fourth-order valence-corrected chi connectivity index (χ4v) is 3.71. The number of carbonyl (C=O) groups is 5. The van der Waals surface area contributed by atoms with Gasteiger partial charge >= 0.3 is 0 Å². The van der Waals surface area contributed by atoms with E-state index in [4.69, 9.17) is 30.2 Å². The maximum absolute atomic E-state index is 11.9. The first-order chi connectivity index (χ1) is 28.3. The number of unbranched alkanes of at least 4 members (excludes halogenated alkanes) is 1. The van der Waals surface area contributed by atoms with Gasteiger partial charge in [0.15, 0.2) is 0 Å². The number of benzene rings is 1. The van der Waals surface area contributed by atoms with E-state index >= 15 is 0 Å². The zero-order chi connectivity index (χ0) is 46.8. The highest BCUT2D eigenvalue weighted by Crippen LogP contribution is 2.10. The quantitative estimate of drug-likeness (QED) is 0.0486. The molecule has 1 aromatic rings. The van der Waals surface area contributed by atoms with Gasteiger partial charge in [-0.2, -0.15) is 0 Å². The molecule has 16 nitrogen and oxygen atoms in total. The van der Waals surface area contributed by atoms with Gasteiger partial charge in [0.1, 0.15) is 12.3 Å². The predicted molar refractivity (Wildman–Crippen MR) is 241 cm³/mol. The Balaban J connectivity index is -0.000000407. The molecule has 0 heterocycles. The number of ether oxygens (including phenoxy) is 3. The van der Waals surface area contributed by atoms with Crippen molar-refractivity contribution in [3.05, 3.63) is 29.8 Å². The molecule has 0 aliphatic heterocycles. The minimum absolute atomic E-state index is 0.0370. The van der Waals surface area contributed by atoms with Crippen LogP contribution in [-0.4, -0.2) is 125 Å². The van der Waals surface area contributed by atoms with E-state index in [-0.39, 0.29) is 49.0 Å². The second kappa shape index (κ2) is 43.6. The summed E-state index contributed by atoms with van der Waals surface area (Å²) in [7, 11) is 3.24. The molecule has 0 bridgehead atoms. The van der Waals surface area contributed by atoms with Crippen molar-refractivity contribution >= 4 is 35.6 Å². The van der Waals surface area contributed by atoms with E-state index in [9.17, 15) is 24.0 Å². The van der Waals surface area contributed by atoms with Gasteiger partial charge in [-0.1, -0.05) is 67.0 Å². The molecule has 1 rings (SSSR count). The number of aldehydes is 1. The number of rotatable bonds is 26. The summed E-state index contributed by atoms with van der Waals surface area (Å²) in [5.41, 5.74) is 6.89. The fourth-order valence-electron chi connectivity index (χ4n) is 3.71. The number of aliphatic hydroxyl groups is 2. The monoisotopic (exact) mass is 859 g/mol. The zero-order valence-electron chi connectivity index (χ0n) is 39.2. The Kier molecular flexibility index (Phi) is 45.8. The number of hydrogen-bond donors (Lipinski definition) is 8. The van der Waals surface area contributed by atoms with Gasteiger partial charge in [-0.15, -0.1) is 0 Å². The summed E-state index contributed by atoms with van der Waals surface area (Å²) >= 11 is 0. The van der Waals surface area contributed by atoms with Crippen molar-refractivity contribution < 1.29 is 48.4 Å². The van der Waals surface area contributed by atoms with Gasteiger partial charge in [0.05, 0.1) is 57.8 Å². The van der Waals surface area contributed by atoms with Gasteiger partial charge in [0.2, 0.25) is 23.6 Å². The number of nitrogens with two attached hydrogens (primary N) is 1. The van der Waals surface area contributed by atoms with Crippen LogP contribution < -0.4 is 32.3 Å². The molecule has 16 heteroatoms. The lowest BCUT2D eigenvalue weighted by molar-refractivity contribution is -0.125. The van der Waals surface area contributed by atoms with Crippen LogP contribution >= 0.6 is 0 Å². The molecule has 4 amide bonds. The molecule has 2 unspecified atom stereocenters. The predicted octanol–water partition coefficient (Wildman–Crippen LogP) is 4.10. The van der Waals surface area contributed by atoms with Crippen molar-refractivity contribution in [2.24, 2.45) is 17.6 Å². The lowest BCUT2D eigenvalue weighted by Crippen LogP contribution is -2.44. The highest BCUT2D eigenvalue weighted by molar-refractivity contribution is 5.97. The van der Waals surface area contributed by atoms with Gasteiger partial charge in [-0.3, -0.25) is 19.2 Å². The second-order valence-corrected chi connectivity index (χ2v) is 15.6. The van der Waals surface area contributed by atoms with Crippen LogP contribution in [0, 0.1) is 11.8 Å². The third kappa shape index (κ3) is 47.2. The summed E-state index contributed by atoms with van der Waals surface area (Å²) in [4.78, 5) is 56.6. The molecule has 1 aromatic carbocycles. The third-order valence-corrected chi connectivity index (χ3v) is 7.29. The Bertz CT molecular complexity index is 1180. The minimum Gasteiger partial charge on any atom is -0.393 e. The lowest BCUT2D eigenvalue weighted by atomic mass is 10.1. The number of methoxy groups -OCH3 is 1. The first kappa shape index (κ1) is 63.1. The van der Waals surface area contributed by atoms with Crippen LogP contribution in [0.25, 0.3) is 0 Å². The number of carbonyl (C=O) groups excluding carboxylic acids is 5. The number of aliphatic hydroxyl groups excluding tert-OH is 2. The van der Waals surface area contributed by atoms with E-state index in [0.29, 0.717) is 70.4 Å². The van der Waals surface area contributed by atoms with Crippen molar-refractivity contribution in [2.45, 2.75) is 138 Å². The van der Waals surface area contributed by atoms with Crippen LogP contribution in [0.1, 0.15) is 120 Å². The third-order valence-electron chi connectivity index (χ3n) is 7.29. The fraction of sp³-hybridized carbons (Fsp3) is 0.750. The maximum Gasteiger partial charge on any atom is 0.246 e. The van der Waals surface area contributed by atoms with Crippen LogP contribution in [0.2, 0.25) is 0 Å². The van der Waals surface area contributed by atoms with Crippen molar-refractivity contribution in [2.75, 3.05) is 72.1 Å². The highest BCUT2D eigenvalue weighted by atomic mass is 16.5. The Morgan fingerprint density at radius 1 is 0.817 bits per heavy atom. The van der Waals surface area contributed by atoms with Crippen molar-refractivity contribution in [3.63, 3.8) is 0 Å². The molecule has 0 aromatic heterocycles. The molecular formula is C44H86N6O10. The molecular weight excluding hydrogens is 773 g/mol. The highest BCUT2D eigenvalue weighted by Gasteiger charge is 2.16. The van der Waals surface area contributed by atoms with Gasteiger partial charge in [0, 0.05) is 38.7 Å². The topological polar surface area (TPSA) is 240 Å². The van der Waals surface area contributed by atoms with E-state index in [1.54, 1.807) is 45.3 Å². The largest absolute Gasteiger partial charge is 0.393 e.